The first-order valence-electron chi connectivity index (χ1n) is 8.00. The first-order chi connectivity index (χ1) is 12.1. The number of benzene rings is 2. The van der Waals surface area contributed by atoms with E-state index in [2.05, 4.69) is 20.6 Å². The highest BCUT2D eigenvalue weighted by Gasteiger charge is 2.04. The monoisotopic (exact) mass is 354 g/mol. The van der Waals surface area contributed by atoms with Crippen molar-refractivity contribution < 1.29 is 4.74 Å². The van der Waals surface area contributed by atoms with E-state index in [1.165, 1.54) is 0 Å². The number of halogens is 1. The molecule has 0 saturated heterocycles. The van der Waals surface area contributed by atoms with Gasteiger partial charge in [0.15, 0.2) is 0 Å². The molecule has 3 aromatic rings. The van der Waals surface area contributed by atoms with Crippen molar-refractivity contribution in [2.75, 3.05) is 17.2 Å². The average Bonchev–Trinajstić information content (AvgIpc) is 2.56. The minimum Gasteiger partial charge on any atom is -0.494 e. The maximum Gasteiger partial charge on any atom is 0.136 e. The van der Waals surface area contributed by atoms with E-state index in [0.29, 0.717) is 29.1 Å². The zero-order valence-corrected chi connectivity index (χ0v) is 14.8. The normalized spacial score (nSPS) is 10.4. The Labute approximate surface area is 152 Å². The number of nitrogens with one attached hydrogen (secondary N) is 2. The van der Waals surface area contributed by atoms with Crippen LogP contribution < -0.4 is 15.4 Å². The lowest BCUT2D eigenvalue weighted by molar-refractivity contribution is 0.340. The molecule has 0 aliphatic heterocycles. The van der Waals surface area contributed by atoms with Crippen LogP contribution in [0, 0.1) is 6.92 Å². The highest BCUT2D eigenvalue weighted by Crippen LogP contribution is 2.23. The van der Waals surface area contributed by atoms with Gasteiger partial charge in [-0.05, 0) is 56.3 Å². The summed E-state index contributed by atoms with van der Waals surface area (Å²) in [4.78, 5) is 8.84. The predicted molar refractivity (Wildman–Crippen MR) is 102 cm³/mol. The molecule has 0 radical (unpaired) electrons. The Balaban J connectivity index is 1.77. The molecule has 0 saturated carbocycles. The molecule has 3 rings (SSSR count). The van der Waals surface area contributed by atoms with E-state index in [4.69, 9.17) is 16.3 Å². The lowest BCUT2D eigenvalue weighted by atomic mass is 10.3. The number of aromatic nitrogens is 2. The summed E-state index contributed by atoms with van der Waals surface area (Å²) in [5.74, 6) is 2.92. The second-order valence-electron chi connectivity index (χ2n) is 5.40. The number of aryl methyl sites for hydroxylation is 1. The molecule has 2 aromatic carbocycles. The summed E-state index contributed by atoms with van der Waals surface area (Å²) in [5.41, 5.74) is 1.80. The molecule has 1 heterocycles. The van der Waals surface area contributed by atoms with Gasteiger partial charge in [-0.15, -0.1) is 0 Å². The van der Waals surface area contributed by atoms with Gasteiger partial charge in [0, 0.05) is 22.5 Å². The van der Waals surface area contributed by atoms with Crippen LogP contribution in [0.25, 0.3) is 0 Å². The van der Waals surface area contributed by atoms with Crippen LogP contribution in [0.5, 0.6) is 5.75 Å². The Bertz CT molecular complexity index is 852. The van der Waals surface area contributed by atoms with Crippen molar-refractivity contribution in [1.29, 1.82) is 0 Å². The molecule has 1 aromatic heterocycles. The van der Waals surface area contributed by atoms with Crippen molar-refractivity contribution in [2.45, 2.75) is 13.8 Å². The number of hydrogen-bond donors (Lipinski definition) is 2. The third-order valence-corrected chi connectivity index (χ3v) is 3.61. The Morgan fingerprint density at radius 1 is 0.920 bits per heavy atom. The smallest absolute Gasteiger partial charge is 0.136 e. The van der Waals surface area contributed by atoms with E-state index in [0.717, 1.165) is 17.1 Å². The summed E-state index contributed by atoms with van der Waals surface area (Å²) >= 11 is 6.02. The fraction of sp³-hybridized carbons (Fsp3) is 0.158. The molecule has 0 unspecified atom stereocenters. The summed E-state index contributed by atoms with van der Waals surface area (Å²) in [6.45, 7) is 4.47. The van der Waals surface area contributed by atoms with Gasteiger partial charge in [-0.3, -0.25) is 0 Å². The van der Waals surface area contributed by atoms with Gasteiger partial charge in [0.1, 0.15) is 23.2 Å². The van der Waals surface area contributed by atoms with Gasteiger partial charge < -0.3 is 15.4 Å². The SMILES string of the molecule is CCOc1ccc(Nc2cc(Nc3cccc(Cl)c3)nc(C)n2)cc1. The third-order valence-electron chi connectivity index (χ3n) is 3.37. The molecule has 2 N–H and O–H groups in total. The van der Waals surface area contributed by atoms with E-state index < -0.39 is 0 Å². The maximum absolute atomic E-state index is 6.02. The molecular weight excluding hydrogens is 336 g/mol. The van der Waals surface area contributed by atoms with E-state index in [1.54, 1.807) is 0 Å². The predicted octanol–water partition coefficient (Wildman–Crippen LogP) is 5.32. The molecule has 0 aliphatic rings. The first kappa shape index (κ1) is 17.0. The number of ether oxygens (including phenoxy) is 1. The topological polar surface area (TPSA) is 59.1 Å². The lowest BCUT2D eigenvalue weighted by Gasteiger charge is -2.11. The van der Waals surface area contributed by atoms with Crippen LogP contribution in [-0.4, -0.2) is 16.6 Å². The van der Waals surface area contributed by atoms with E-state index >= 15 is 0 Å². The van der Waals surface area contributed by atoms with Crippen LogP contribution in [0.2, 0.25) is 5.02 Å². The van der Waals surface area contributed by atoms with Crippen LogP contribution in [0.3, 0.4) is 0 Å². The van der Waals surface area contributed by atoms with Crippen molar-refractivity contribution in [3.63, 3.8) is 0 Å². The van der Waals surface area contributed by atoms with Crippen LogP contribution in [0.4, 0.5) is 23.0 Å². The molecular formula is C19H19ClN4O. The number of nitrogens with zero attached hydrogens (tertiary/aromatic N) is 2. The molecule has 25 heavy (non-hydrogen) atoms. The first-order valence-corrected chi connectivity index (χ1v) is 8.38. The van der Waals surface area contributed by atoms with Gasteiger partial charge in [-0.1, -0.05) is 17.7 Å². The van der Waals surface area contributed by atoms with E-state index in [-0.39, 0.29) is 0 Å². The second kappa shape index (κ2) is 7.85. The summed E-state index contributed by atoms with van der Waals surface area (Å²) in [5, 5.41) is 7.19. The molecule has 0 aliphatic carbocycles. The number of hydrogen-bond acceptors (Lipinski definition) is 5. The zero-order valence-electron chi connectivity index (χ0n) is 14.1. The van der Waals surface area contributed by atoms with Gasteiger partial charge in [-0.2, -0.15) is 0 Å². The standard InChI is InChI=1S/C19H19ClN4O/c1-3-25-17-9-7-15(8-10-17)23-18-12-19(22-13(2)21-18)24-16-6-4-5-14(20)11-16/h4-12H,3H2,1-2H3,(H2,21,22,23,24). The summed E-state index contributed by atoms with van der Waals surface area (Å²) in [6.07, 6.45) is 0. The van der Waals surface area contributed by atoms with E-state index in [9.17, 15) is 0 Å². The summed E-state index contributed by atoms with van der Waals surface area (Å²) < 4.78 is 5.45. The maximum atomic E-state index is 6.02. The van der Waals surface area contributed by atoms with Gasteiger partial charge in [0.05, 0.1) is 6.61 Å². The summed E-state index contributed by atoms with van der Waals surface area (Å²) in [6, 6.07) is 17.1. The van der Waals surface area contributed by atoms with Crippen molar-refractivity contribution in [2.24, 2.45) is 0 Å². The fourth-order valence-corrected chi connectivity index (χ4v) is 2.55. The Kier molecular flexibility index (Phi) is 5.36. The minimum absolute atomic E-state index is 0.649. The average molecular weight is 355 g/mol. The molecule has 0 atom stereocenters. The number of rotatable bonds is 6. The van der Waals surface area contributed by atoms with Crippen LogP contribution in [0.15, 0.2) is 54.6 Å². The van der Waals surface area contributed by atoms with Gasteiger partial charge in [0.25, 0.3) is 0 Å². The zero-order chi connectivity index (χ0) is 17.6. The van der Waals surface area contributed by atoms with Crippen molar-refractivity contribution in [3.8, 4) is 5.75 Å². The Morgan fingerprint density at radius 3 is 2.24 bits per heavy atom. The highest BCUT2D eigenvalue weighted by atomic mass is 35.5. The minimum atomic E-state index is 0.649. The van der Waals surface area contributed by atoms with Crippen molar-refractivity contribution in [3.05, 3.63) is 65.4 Å². The van der Waals surface area contributed by atoms with E-state index in [1.807, 2.05) is 68.4 Å². The number of anilines is 4. The highest BCUT2D eigenvalue weighted by molar-refractivity contribution is 6.30. The van der Waals surface area contributed by atoms with Gasteiger partial charge in [-0.25, -0.2) is 9.97 Å². The molecule has 0 bridgehead atoms. The molecule has 0 amide bonds. The van der Waals surface area contributed by atoms with Crippen LogP contribution >= 0.6 is 11.6 Å². The molecule has 6 heteroatoms. The molecule has 0 fully saturated rings. The lowest BCUT2D eigenvalue weighted by Crippen LogP contribution is -2.01. The van der Waals surface area contributed by atoms with Gasteiger partial charge in [0.2, 0.25) is 0 Å². The van der Waals surface area contributed by atoms with Crippen molar-refractivity contribution in [1.82, 2.24) is 9.97 Å². The fourth-order valence-electron chi connectivity index (χ4n) is 2.36. The second-order valence-corrected chi connectivity index (χ2v) is 5.84. The quantitative estimate of drug-likeness (QED) is 0.627. The summed E-state index contributed by atoms with van der Waals surface area (Å²) in [7, 11) is 0. The van der Waals surface area contributed by atoms with Crippen LogP contribution in [0.1, 0.15) is 12.7 Å². The largest absolute Gasteiger partial charge is 0.494 e. The molecule has 128 valence electrons. The third kappa shape index (κ3) is 4.84. The Hall–Kier alpha value is -2.79. The van der Waals surface area contributed by atoms with Crippen LogP contribution in [-0.2, 0) is 0 Å². The van der Waals surface area contributed by atoms with Gasteiger partial charge >= 0.3 is 0 Å². The van der Waals surface area contributed by atoms with Crippen molar-refractivity contribution >= 4 is 34.6 Å². The molecule has 0 spiro atoms. The Morgan fingerprint density at radius 2 is 1.60 bits per heavy atom. The molecule has 5 nitrogen and oxygen atoms in total.